The summed E-state index contributed by atoms with van der Waals surface area (Å²) in [6, 6.07) is 4.80. The number of benzene rings is 1. The van der Waals surface area contributed by atoms with Gasteiger partial charge in [0.25, 0.3) is 0 Å². The van der Waals surface area contributed by atoms with Crippen LogP contribution >= 0.6 is 27.5 Å². The number of halogens is 3. The molecular formula is C14H14BrClFN3. The number of aromatic nitrogens is 2. The Morgan fingerprint density at radius 1 is 1.35 bits per heavy atom. The number of nitrogens with zero attached hydrogens (tertiary/aromatic N) is 2. The molecule has 20 heavy (non-hydrogen) atoms. The molecule has 1 aromatic carbocycles. The average molecular weight is 359 g/mol. The predicted molar refractivity (Wildman–Crippen MR) is 83.7 cm³/mol. The highest BCUT2D eigenvalue weighted by Crippen LogP contribution is 2.30. The smallest absolute Gasteiger partial charge is 0.164 e. The lowest BCUT2D eigenvalue weighted by atomic mass is 10.2. The van der Waals surface area contributed by atoms with Gasteiger partial charge in [0.1, 0.15) is 5.82 Å². The summed E-state index contributed by atoms with van der Waals surface area (Å²) in [7, 11) is 0. The van der Waals surface area contributed by atoms with Crippen LogP contribution in [0.3, 0.4) is 0 Å². The first kappa shape index (κ1) is 15.2. The summed E-state index contributed by atoms with van der Waals surface area (Å²) in [5, 5.41) is 3.26. The van der Waals surface area contributed by atoms with Gasteiger partial charge in [0.2, 0.25) is 0 Å². The Balaban J connectivity index is 2.52. The molecule has 0 aliphatic rings. The highest BCUT2D eigenvalue weighted by molar-refractivity contribution is 9.10. The topological polar surface area (TPSA) is 37.8 Å². The molecule has 106 valence electrons. The van der Waals surface area contributed by atoms with E-state index >= 15 is 0 Å². The number of aryl methyl sites for hydroxylation is 1. The Morgan fingerprint density at radius 3 is 2.80 bits per heavy atom. The van der Waals surface area contributed by atoms with Crippen molar-refractivity contribution in [2.45, 2.75) is 20.3 Å². The fraction of sp³-hybridized carbons (Fsp3) is 0.286. The summed E-state index contributed by atoms with van der Waals surface area (Å²) in [5.74, 6) is 0.482. The minimum atomic E-state index is -0.502. The van der Waals surface area contributed by atoms with E-state index < -0.39 is 5.82 Å². The molecule has 0 spiro atoms. The molecule has 0 aliphatic carbocycles. The van der Waals surface area contributed by atoms with Gasteiger partial charge in [0.05, 0.1) is 20.8 Å². The van der Waals surface area contributed by atoms with Gasteiger partial charge < -0.3 is 5.32 Å². The maximum absolute atomic E-state index is 14.1. The maximum Gasteiger partial charge on any atom is 0.164 e. The monoisotopic (exact) mass is 357 g/mol. The second-order valence-corrected chi connectivity index (χ2v) is 5.52. The third-order valence-corrected chi connectivity index (χ3v) is 3.99. The van der Waals surface area contributed by atoms with Gasteiger partial charge in [-0.15, -0.1) is 0 Å². The third-order valence-electron chi connectivity index (χ3n) is 2.75. The van der Waals surface area contributed by atoms with Gasteiger partial charge in [0.15, 0.2) is 11.6 Å². The van der Waals surface area contributed by atoms with Crippen LogP contribution in [0.2, 0.25) is 5.02 Å². The maximum atomic E-state index is 14.1. The van der Waals surface area contributed by atoms with Crippen molar-refractivity contribution in [3.8, 4) is 11.4 Å². The molecule has 0 atom stereocenters. The number of nitrogens with one attached hydrogen (secondary N) is 1. The Kier molecular flexibility index (Phi) is 4.94. The van der Waals surface area contributed by atoms with E-state index in [0.717, 1.165) is 23.1 Å². The molecule has 0 aliphatic heterocycles. The van der Waals surface area contributed by atoms with Crippen molar-refractivity contribution in [2.75, 3.05) is 11.9 Å². The van der Waals surface area contributed by atoms with E-state index in [9.17, 15) is 4.39 Å². The van der Waals surface area contributed by atoms with Crippen LogP contribution in [0.5, 0.6) is 0 Å². The highest BCUT2D eigenvalue weighted by Gasteiger charge is 2.15. The normalized spacial score (nSPS) is 10.7. The van der Waals surface area contributed by atoms with Crippen molar-refractivity contribution in [2.24, 2.45) is 0 Å². The molecule has 3 nitrogen and oxygen atoms in total. The molecule has 0 unspecified atom stereocenters. The van der Waals surface area contributed by atoms with Crippen LogP contribution in [-0.4, -0.2) is 16.5 Å². The molecule has 0 bridgehead atoms. The molecule has 2 rings (SSSR count). The van der Waals surface area contributed by atoms with Crippen molar-refractivity contribution in [3.05, 3.63) is 39.2 Å². The van der Waals surface area contributed by atoms with E-state index in [-0.39, 0.29) is 5.02 Å². The summed E-state index contributed by atoms with van der Waals surface area (Å²) >= 11 is 9.25. The Morgan fingerprint density at radius 2 is 2.10 bits per heavy atom. The van der Waals surface area contributed by atoms with E-state index in [4.69, 9.17) is 11.6 Å². The molecule has 0 saturated heterocycles. The molecule has 2 aromatic rings. The second-order valence-electron chi connectivity index (χ2n) is 4.32. The minimum absolute atomic E-state index is 0.0646. The first-order valence-electron chi connectivity index (χ1n) is 6.27. The lowest BCUT2D eigenvalue weighted by molar-refractivity contribution is 0.630. The number of hydrogen-bond donors (Lipinski definition) is 1. The largest absolute Gasteiger partial charge is 0.369 e. The fourth-order valence-electron chi connectivity index (χ4n) is 1.72. The zero-order valence-electron chi connectivity index (χ0n) is 11.2. The summed E-state index contributed by atoms with van der Waals surface area (Å²) in [4.78, 5) is 8.69. The zero-order valence-corrected chi connectivity index (χ0v) is 13.5. The molecular weight excluding hydrogens is 345 g/mol. The van der Waals surface area contributed by atoms with E-state index in [1.54, 1.807) is 12.1 Å². The number of rotatable bonds is 4. The minimum Gasteiger partial charge on any atom is -0.369 e. The van der Waals surface area contributed by atoms with Crippen molar-refractivity contribution in [1.82, 2.24) is 9.97 Å². The summed E-state index contributed by atoms with van der Waals surface area (Å²) in [5.41, 5.74) is 1.04. The van der Waals surface area contributed by atoms with Crippen LogP contribution in [0.4, 0.5) is 10.2 Å². The van der Waals surface area contributed by atoms with E-state index in [0.29, 0.717) is 17.2 Å². The lowest BCUT2D eigenvalue weighted by Crippen LogP contribution is -2.06. The summed E-state index contributed by atoms with van der Waals surface area (Å²) < 4.78 is 14.8. The first-order valence-corrected chi connectivity index (χ1v) is 7.44. The van der Waals surface area contributed by atoms with Gasteiger partial charge >= 0.3 is 0 Å². The van der Waals surface area contributed by atoms with Gasteiger partial charge in [0, 0.05) is 6.54 Å². The van der Waals surface area contributed by atoms with Crippen molar-refractivity contribution >= 4 is 33.3 Å². The van der Waals surface area contributed by atoms with Crippen molar-refractivity contribution in [3.63, 3.8) is 0 Å². The first-order chi connectivity index (χ1) is 9.54. The van der Waals surface area contributed by atoms with Gasteiger partial charge in [-0.3, -0.25) is 0 Å². The van der Waals surface area contributed by atoms with Crippen LogP contribution in [0.25, 0.3) is 11.4 Å². The van der Waals surface area contributed by atoms with Crippen molar-refractivity contribution in [1.29, 1.82) is 0 Å². The van der Waals surface area contributed by atoms with Crippen LogP contribution in [-0.2, 0) is 0 Å². The highest BCUT2D eigenvalue weighted by atomic mass is 79.9. The number of hydrogen-bond acceptors (Lipinski definition) is 3. The quantitative estimate of drug-likeness (QED) is 0.850. The molecule has 1 aromatic heterocycles. The van der Waals surface area contributed by atoms with E-state index in [1.807, 2.05) is 6.92 Å². The number of anilines is 1. The second kappa shape index (κ2) is 6.50. The zero-order chi connectivity index (χ0) is 14.7. The van der Waals surface area contributed by atoms with Crippen molar-refractivity contribution < 1.29 is 4.39 Å². The molecule has 0 fully saturated rings. The molecule has 0 radical (unpaired) electrons. The molecule has 6 heteroatoms. The van der Waals surface area contributed by atoms with Crippen LogP contribution < -0.4 is 5.32 Å². The molecule has 0 amide bonds. The SMILES string of the molecule is CCCNc1nc(-c2cccc(Cl)c2F)nc(C)c1Br. The van der Waals surface area contributed by atoms with Gasteiger partial charge in [-0.05, 0) is 41.4 Å². The average Bonchev–Trinajstić information content (AvgIpc) is 2.43. The van der Waals surface area contributed by atoms with Crippen LogP contribution in [0.15, 0.2) is 22.7 Å². The Labute approximate surface area is 130 Å². The van der Waals surface area contributed by atoms with Gasteiger partial charge in [-0.25, -0.2) is 14.4 Å². The fourth-order valence-corrected chi connectivity index (χ4v) is 2.21. The molecule has 1 heterocycles. The Bertz CT molecular complexity index is 634. The Hall–Kier alpha value is -1.20. The summed E-state index contributed by atoms with van der Waals surface area (Å²) in [6.07, 6.45) is 0.969. The standard InChI is InChI=1S/C14H14BrClFN3/c1-3-7-18-14-11(15)8(2)19-13(20-14)9-5-4-6-10(16)12(9)17/h4-6H,3,7H2,1-2H3,(H,18,19,20). The van der Waals surface area contributed by atoms with Crippen LogP contribution in [0, 0.1) is 12.7 Å². The van der Waals surface area contributed by atoms with Crippen LogP contribution in [0.1, 0.15) is 19.0 Å². The predicted octanol–water partition coefficient (Wildman–Crippen LogP) is 4.83. The van der Waals surface area contributed by atoms with Gasteiger partial charge in [-0.2, -0.15) is 0 Å². The molecule has 0 saturated carbocycles. The van der Waals surface area contributed by atoms with Gasteiger partial charge in [-0.1, -0.05) is 24.6 Å². The third kappa shape index (κ3) is 3.10. The lowest BCUT2D eigenvalue weighted by Gasteiger charge is -2.11. The molecule has 1 N–H and O–H groups in total. The summed E-state index contributed by atoms with van der Waals surface area (Å²) in [6.45, 7) is 4.69. The van der Waals surface area contributed by atoms with E-state index in [2.05, 4.69) is 38.1 Å². The van der Waals surface area contributed by atoms with E-state index in [1.165, 1.54) is 6.07 Å².